The number of benzene rings is 1. The Labute approximate surface area is 136 Å². The van der Waals surface area contributed by atoms with E-state index in [9.17, 15) is 14.0 Å². The number of nitrogens with zero attached hydrogens (tertiary/aromatic N) is 1. The first-order valence-corrected chi connectivity index (χ1v) is 7.30. The van der Waals surface area contributed by atoms with Crippen LogP contribution in [-0.4, -0.2) is 35.7 Å². The summed E-state index contributed by atoms with van der Waals surface area (Å²) >= 11 is 0. The number of nitrogens with two attached hydrogens (primary N) is 1. The zero-order valence-electron chi connectivity index (χ0n) is 12.6. The van der Waals surface area contributed by atoms with Crippen LogP contribution in [0.25, 0.3) is 0 Å². The van der Waals surface area contributed by atoms with E-state index in [1.807, 2.05) is 0 Å². The van der Waals surface area contributed by atoms with Crippen molar-refractivity contribution in [1.82, 2.24) is 4.90 Å². The van der Waals surface area contributed by atoms with Crippen molar-refractivity contribution in [1.29, 1.82) is 0 Å². The third kappa shape index (κ3) is 4.78. The van der Waals surface area contributed by atoms with E-state index >= 15 is 0 Å². The summed E-state index contributed by atoms with van der Waals surface area (Å²) in [5.74, 6) is -1.16. The highest BCUT2D eigenvalue weighted by Crippen LogP contribution is 2.16. The van der Waals surface area contributed by atoms with E-state index in [4.69, 9.17) is 5.73 Å². The number of ketones is 1. The van der Waals surface area contributed by atoms with Crippen molar-refractivity contribution in [2.75, 3.05) is 13.1 Å². The Balaban J connectivity index is 0.00000242. The number of amides is 1. The largest absolute Gasteiger partial charge is 0.341 e. The van der Waals surface area contributed by atoms with Crippen LogP contribution in [0.2, 0.25) is 0 Å². The molecule has 2 N–H and O–H groups in total. The first-order chi connectivity index (χ1) is 9.97. The number of carbonyl (C=O) groups is 2. The zero-order chi connectivity index (χ0) is 15.4. The summed E-state index contributed by atoms with van der Waals surface area (Å²) in [4.78, 5) is 26.1. The fourth-order valence-electron chi connectivity index (χ4n) is 2.65. The zero-order valence-corrected chi connectivity index (χ0v) is 13.4. The molecule has 4 nitrogen and oxygen atoms in total. The number of halogens is 2. The molecule has 0 spiro atoms. The Morgan fingerprint density at radius 1 is 1.45 bits per heavy atom. The lowest BCUT2D eigenvalue weighted by Gasteiger charge is -2.31. The fourth-order valence-corrected chi connectivity index (χ4v) is 2.65. The van der Waals surface area contributed by atoms with Gasteiger partial charge in [0.25, 0.3) is 0 Å². The van der Waals surface area contributed by atoms with Crippen LogP contribution in [0.1, 0.15) is 36.5 Å². The first-order valence-electron chi connectivity index (χ1n) is 7.30. The number of Topliss-reactive ketones (excluding diaryl/α,β-unsaturated/α-hetero) is 1. The van der Waals surface area contributed by atoms with Gasteiger partial charge in [0.2, 0.25) is 5.91 Å². The first kappa shape index (κ1) is 18.6. The average molecular weight is 329 g/mol. The van der Waals surface area contributed by atoms with Crippen LogP contribution >= 0.6 is 12.4 Å². The van der Waals surface area contributed by atoms with Gasteiger partial charge in [-0.05, 0) is 25.0 Å². The number of rotatable bonds is 4. The molecule has 6 heteroatoms. The van der Waals surface area contributed by atoms with Crippen molar-refractivity contribution >= 4 is 24.1 Å². The van der Waals surface area contributed by atoms with Gasteiger partial charge in [0.15, 0.2) is 5.78 Å². The van der Waals surface area contributed by atoms with E-state index in [0.29, 0.717) is 18.7 Å². The van der Waals surface area contributed by atoms with Gasteiger partial charge < -0.3 is 10.6 Å². The monoisotopic (exact) mass is 328 g/mol. The summed E-state index contributed by atoms with van der Waals surface area (Å²) in [7, 11) is 0. The van der Waals surface area contributed by atoms with Crippen molar-refractivity contribution in [2.45, 2.75) is 32.2 Å². The maximum Gasteiger partial charge on any atom is 0.223 e. The van der Waals surface area contributed by atoms with Gasteiger partial charge in [-0.1, -0.05) is 19.1 Å². The summed E-state index contributed by atoms with van der Waals surface area (Å²) in [5, 5.41) is 0. The molecule has 0 radical (unpaired) electrons. The summed E-state index contributed by atoms with van der Waals surface area (Å²) in [6, 6.07) is 5.60. The standard InChI is InChI=1S/C16H21FN2O2.ClH/c1-11(16(21)12-4-2-5-13(17)9-12)8-15(20)19-7-3-6-14(18)10-19;/h2,4-5,9,11,14H,3,6-8,10,18H2,1H3;1H. The number of hydrogen-bond donors (Lipinski definition) is 1. The molecule has 1 saturated heterocycles. The Morgan fingerprint density at radius 2 is 2.18 bits per heavy atom. The highest BCUT2D eigenvalue weighted by Gasteiger charge is 2.25. The Hall–Kier alpha value is -1.46. The van der Waals surface area contributed by atoms with Crippen LogP contribution < -0.4 is 5.73 Å². The third-order valence-corrected chi connectivity index (χ3v) is 3.85. The van der Waals surface area contributed by atoms with Gasteiger partial charge >= 0.3 is 0 Å². The third-order valence-electron chi connectivity index (χ3n) is 3.85. The van der Waals surface area contributed by atoms with Crippen molar-refractivity contribution in [2.24, 2.45) is 11.7 Å². The molecule has 122 valence electrons. The summed E-state index contributed by atoms with van der Waals surface area (Å²) in [6.45, 7) is 2.96. The van der Waals surface area contributed by atoms with Crippen LogP contribution in [0, 0.1) is 11.7 Å². The Morgan fingerprint density at radius 3 is 2.82 bits per heavy atom. The van der Waals surface area contributed by atoms with Gasteiger partial charge in [-0.2, -0.15) is 0 Å². The van der Waals surface area contributed by atoms with Crippen molar-refractivity contribution in [3.8, 4) is 0 Å². The number of piperidine rings is 1. The number of hydrogen-bond acceptors (Lipinski definition) is 3. The molecule has 0 aliphatic carbocycles. The molecule has 1 aliphatic heterocycles. The molecule has 1 amide bonds. The van der Waals surface area contributed by atoms with Crippen LogP contribution in [0.15, 0.2) is 24.3 Å². The molecule has 2 rings (SSSR count). The maximum atomic E-state index is 13.1. The maximum absolute atomic E-state index is 13.1. The average Bonchev–Trinajstić information content (AvgIpc) is 2.46. The van der Waals surface area contributed by atoms with Crippen LogP contribution in [0.4, 0.5) is 4.39 Å². The minimum atomic E-state index is -0.461. The molecule has 1 aromatic rings. The van der Waals surface area contributed by atoms with E-state index in [1.165, 1.54) is 18.2 Å². The minimum absolute atomic E-state index is 0. The molecule has 0 bridgehead atoms. The lowest BCUT2D eigenvalue weighted by molar-refractivity contribution is -0.133. The summed E-state index contributed by atoms with van der Waals surface area (Å²) < 4.78 is 13.1. The van der Waals surface area contributed by atoms with Crippen LogP contribution in [0.3, 0.4) is 0 Å². The predicted octanol–water partition coefficient (Wildman–Crippen LogP) is 2.41. The highest BCUT2D eigenvalue weighted by molar-refractivity contribution is 5.99. The van der Waals surface area contributed by atoms with Gasteiger partial charge in [0.1, 0.15) is 5.82 Å². The van der Waals surface area contributed by atoms with Crippen molar-refractivity contribution in [3.63, 3.8) is 0 Å². The lowest BCUT2D eigenvalue weighted by Crippen LogP contribution is -2.46. The molecule has 2 unspecified atom stereocenters. The summed E-state index contributed by atoms with van der Waals surface area (Å²) in [6.07, 6.45) is 1.97. The quantitative estimate of drug-likeness (QED) is 0.863. The van der Waals surface area contributed by atoms with E-state index in [-0.39, 0.29) is 36.6 Å². The molecule has 1 fully saturated rings. The second-order valence-electron chi connectivity index (χ2n) is 5.72. The van der Waals surface area contributed by atoms with E-state index < -0.39 is 11.7 Å². The normalized spacial score (nSPS) is 19.2. The second-order valence-corrected chi connectivity index (χ2v) is 5.72. The van der Waals surface area contributed by atoms with Crippen LogP contribution in [-0.2, 0) is 4.79 Å². The molecule has 1 heterocycles. The number of carbonyl (C=O) groups excluding carboxylic acids is 2. The van der Waals surface area contributed by atoms with Gasteiger partial charge in [-0.3, -0.25) is 9.59 Å². The minimum Gasteiger partial charge on any atom is -0.341 e. The Bertz CT molecular complexity index is 539. The smallest absolute Gasteiger partial charge is 0.223 e. The van der Waals surface area contributed by atoms with Crippen molar-refractivity contribution < 1.29 is 14.0 Å². The van der Waals surface area contributed by atoms with E-state index in [2.05, 4.69) is 0 Å². The molecular weight excluding hydrogens is 307 g/mol. The van der Waals surface area contributed by atoms with E-state index in [0.717, 1.165) is 12.8 Å². The molecule has 2 atom stereocenters. The van der Waals surface area contributed by atoms with Gasteiger partial charge in [-0.15, -0.1) is 12.4 Å². The molecular formula is C16H22ClFN2O2. The highest BCUT2D eigenvalue weighted by atomic mass is 35.5. The molecule has 1 aromatic carbocycles. The Kier molecular flexibility index (Phi) is 6.97. The predicted molar refractivity (Wildman–Crippen MR) is 85.5 cm³/mol. The van der Waals surface area contributed by atoms with Crippen molar-refractivity contribution in [3.05, 3.63) is 35.6 Å². The molecule has 0 saturated carbocycles. The second kappa shape index (κ2) is 8.25. The lowest BCUT2D eigenvalue weighted by atomic mass is 9.95. The number of likely N-dealkylation sites (tertiary alicyclic amines) is 1. The van der Waals surface area contributed by atoms with Crippen LogP contribution in [0.5, 0.6) is 0 Å². The topological polar surface area (TPSA) is 63.4 Å². The molecule has 0 aromatic heterocycles. The SMILES string of the molecule is CC(CC(=O)N1CCCC(N)C1)C(=O)c1cccc(F)c1.Cl. The summed E-state index contributed by atoms with van der Waals surface area (Å²) in [5.41, 5.74) is 6.17. The van der Waals surface area contributed by atoms with Gasteiger partial charge in [0.05, 0.1) is 0 Å². The fraction of sp³-hybridized carbons (Fsp3) is 0.500. The molecule has 22 heavy (non-hydrogen) atoms. The van der Waals surface area contributed by atoms with Gasteiger partial charge in [-0.25, -0.2) is 4.39 Å². The van der Waals surface area contributed by atoms with E-state index in [1.54, 1.807) is 17.9 Å². The molecule has 1 aliphatic rings. The van der Waals surface area contributed by atoms with Gasteiger partial charge in [0, 0.05) is 37.0 Å².